The topological polar surface area (TPSA) is 132 Å². The number of para-hydroxylation sites is 2. The van der Waals surface area contributed by atoms with Gasteiger partial charge < -0.3 is 34.7 Å². The maximum Gasteiger partial charge on any atom is 0.326 e. The smallest absolute Gasteiger partial charge is 0.326 e. The second-order valence-electron chi connectivity index (χ2n) is 13.5. The molecule has 0 aliphatic rings. The van der Waals surface area contributed by atoms with Crippen LogP contribution in [0.1, 0.15) is 62.2 Å². The summed E-state index contributed by atoms with van der Waals surface area (Å²) in [7, 11) is 0. The van der Waals surface area contributed by atoms with E-state index in [0.717, 1.165) is 22.3 Å². The van der Waals surface area contributed by atoms with E-state index in [0.29, 0.717) is 42.3 Å². The Hall–Kier alpha value is -7.07. The molecule has 0 heterocycles. The Bertz CT molecular complexity index is 2220. The zero-order valence-corrected chi connectivity index (χ0v) is 32.1. The third kappa shape index (κ3) is 12.0. The first kappa shape index (κ1) is 40.6. The molecular formula is C48H46N2O8. The summed E-state index contributed by atoms with van der Waals surface area (Å²) in [5, 5.41) is 15.7. The molecule has 0 aliphatic carbocycles. The van der Waals surface area contributed by atoms with Crippen molar-refractivity contribution in [1.29, 1.82) is 0 Å². The van der Waals surface area contributed by atoms with Crippen LogP contribution in [-0.4, -0.2) is 35.5 Å². The highest BCUT2D eigenvalue weighted by Crippen LogP contribution is 2.34. The van der Waals surface area contributed by atoms with Crippen LogP contribution in [0.5, 0.6) is 23.0 Å². The molecule has 0 saturated carbocycles. The molecule has 6 rings (SSSR count). The standard InChI is InChI=1S/C48H46N2O8/c51-46(39-25-15-28-42(55-31-35-17-5-1-6-18-35)44(39)57-33-37-21-9-3-10-22-37)49-30-14-13-27-41(48(53)54)50-47(52)40-26-16-29-43(56-32-36-19-7-2-8-20-36)45(40)58-34-38-23-11-4-12-24-38/h1-12,15-26,28-29,41H,13-14,27,30-34H2,(H,49,51)(H,50,52)(H,53,54)/t41-/m0/s1. The van der Waals surface area contributed by atoms with E-state index in [2.05, 4.69) is 10.6 Å². The second-order valence-corrected chi connectivity index (χ2v) is 13.5. The van der Waals surface area contributed by atoms with Gasteiger partial charge in [0, 0.05) is 6.54 Å². The number of carboxylic acids is 1. The van der Waals surface area contributed by atoms with Gasteiger partial charge in [0.15, 0.2) is 23.0 Å². The summed E-state index contributed by atoms with van der Waals surface area (Å²) < 4.78 is 24.6. The molecule has 0 saturated heterocycles. The molecule has 0 aliphatic heterocycles. The van der Waals surface area contributed by atoms with Crippen LogP contribution in [0.2, 0.25) is 0 Å². The molecule has 296 valence electrons. The van der Waals surface area contributed by atoms with Crippen LogP contribution >= 0.6 is 0 Å². The number of carboxylic acid groups (broad SMARTS) is 1. The molecule has 6 aromatic carbocycles. The molecule has 0 aromatic heterocycles. The number of carbonyl (C=O) groups is 3. The van der Waals surface area contributed by atoms with E-state index in [1.165, 1.54) is 0 Å². The van der Waals surface area contributed by atoms with Crippen LogP contribution in [0.3, 0.4) is 0 Å². The summed E-state index contributed by atoms with van der Waals surface area (Å²) in [6, 6.07) is 47.5. The van der Waals surface area contributed by atoms with Crippen LogP contribution < -0.4 is 29.6 Å². The van der Waals surface area contributed by atoms with Gasteiger partial charge in [0.1, 0.15) is 32.5 Å². The number of ether oxygens (including phenoxy) is 4. The number of amides is 2. The molecular weight excluding hydrogens is 733 g/mol. The minimum atomic E-state index is -1.18. The summed E-state index contributed by atoms with van der Waals surface area (Å²) in [6.07, 6.45) is 1.01. The Balaban J connectivity index is 1.07. The van der Waals surface area contributed by atoms with Gasteiger partial charge in [-0.05, 0) is 65.8 Å². The molecule has 2 amide bonds. The predicted molar refractivity (Wildman–Crippen MR) is 221 cm³/mol. The minimum Gasteiger partial charge on any atom is -0.485 e. The number of rotatable bonds is 21. The van der Waals surface area contributed by atoms with Gasteiger partial charge in [-0.15, -0.1) is 0 Å². The molecule has 3 N–H and O–H groups in total. The second kappa shape index (κ2) is 21.3. The van der Waals surface area contributed by atoms with Crippen LogP contribution in [-0.2, 0) is 31.2 Å². The molecule has 0 unspecified atom stereocenters. The third-order valence-corrected chi connectivity index (χ3v) is 9.18. The van der Waals surface area contributed by atoms with E-state index in [4.69, 9.17) is 18.9 Å². The Morgan fingerprint density at radius 2 is 0.862 bits per heavy atom. The number of nitrogens with one attached hydrogen (secondary N) is 2. The highest BCUT2D eigenvalue weighted by molar-refractivity contribution is 6.00. The lowest BCUT2D eigenvalue weighted by Gasteiger charge is -2.19. The fraction of sp³-hybridized carbons (Fsp3) is 0.188. The van der Waals surface area contributed by atoms with E-state index in [9.17, 15) is 19.5 Å². The van der Waals surface area contributed by atoms with Crippen molar-refractivity contribution in [3.8, 4) is 23.0 Å². The molecule has 10 heteroatoms. The zero-order chi connectivity index (χ0) is 40.4. The lowest BCUT2D eigenvalue weighted by Crippen LogP contribution is -2.41. The Labute approximate surface area is 338 Å². The van der Waals surface area contributed by atoms with Crippen LogP contribution in [0.25, 0.3) is 0 Å². The molecule has 0 bridgehead atoms. The van der Waals surface area contributed by atoms with Crippen molar-refractivity contribution in [3.05, 3.63) is 191 Å². The van der Waals surface area contributed by atoms with Crippen molar-refractivity contribution in [3.63, 3.8) is 0 Å². The maximum atomic E-state index is 13.7. The molecule has 0 fully saturated rings. The van der Waals surface area contributed by atoms with E-state index in [1.54, 1.807) is 36.4 Å². The van der Waals surface area contributed by atoms with Crippen molar-refractivity contribution in [2.45, 2.75) is 51.7 Å². The van der Waals surface area contributed by atoms with Crippen LogP contribution in [0, 0.1) is 0 Å². The highest BCUT2D eigenvalue weighted by Gasteiger charge is 2.25. The predicted octanol–water partition coefficient (Wildman–Crippen LogP) is 8.79. The summed E-state index contributed by atoms with van der Waals surface area (Å²) in [5.74, 6) is -0.789. The van der Waals surface area contributed by atoms with Gasteiger partial charge in [-0.2, -0.15) is 0 Å². The van der Waals surface area contributed by atoms with Crippen molar-refractivity contribution >= 4 is 17.8 Å². The average Bonchev–Trinajstić information content (AvgIpc) is 3.27. The fourth-order valence-electron chi connectivity index (χ4n) is 6.11. The SMILES string of the molecule is O=C(NCCCC[C@H](NC(=O)c1cccc(OCc2ccccc2)c1OCc1ccccc1)C(=O)O)c1cccc(OCc2ccccc2)c1OCc1ccccc1. The van der Waals surface area contributed by atoms with Gasteiger partial charge in [-0.1, -0.05) is 133 Å². The summed E-state index contributed by atoms with van der Waals surface area (Å²) in [6.45, 7) is 1.22. The van der Waals surface area contributed by atoms with Gasteiger partial charge >= 0.3 is 5.97 Å². The Morgan fingerprint density at radius 1 is 0.466 bits per heavy atom. The number of carbonyl (C=O) groups excluding carboxylic acids is 2. The molecule has 1 atom stereocenters. The number of benzene rings is 6. The number of aliphatic carboxylic acids is 1. The van der Waals surface area contributed by atoms with E-state index in [-0.39, 0.29) is 50.0 Å². The number of hydrogen-bond acceptors (Lipinski definition) is 7. The Kier molecular flexibility index (Phi) is 14.9. The Morgan fingerprint density at radius 3 is 1.28 bits per heavy atom. The van der Waals surface area contributed by atoms with E-state index < -0.39 is 17.9 Å². The zero-order valence-electron chi connectivity index (χ0n) is 32.1. The van der Waals surface area contributed by atoms with Gasteiger partial charge in [0.25, 0.3) is 11.8 Å². The first-order valence-electron chi connectivity index (χ1n) is 19.2. The molecule has 58 heavy (non-hydrogen) atoms. The largest absolute Gasteiger partial charge is 0.485 e. The van der Waals surface area contributed by atoms with Gasteiger partial charge in [0.05, 0.1) is 11.1 Å². The number of unbranched alkanes of at least 4 members (excludes halogenated alkanes) is 1. The summed E-state index contributed by atoms with van der Waals surface area (Å²) in [4.78, 5) is 39.6. The molecule has 10 nitrogen and oxygen atoms in total. The van der Waals surface area contributed by atoms with Crippen LogP contribution in [0.4, 0.5) is 0 Å². The van der Waals surface area contributed by atoms with Gasteiger partial charge in [-0.3, -0.25) is 9.59 Å². The third-order valence-electron chi connectivity index (χ3n) is 9.18. The first-order chi connectivity index (χ1) is 28.4. The monoisotopic (exact) mass is 778 g/mol. The highest BCUT2D eigenvalue weighted by atomic mass is 16.5. The average molecular weight is 779 g/mol. The maximum absolute atomic E-state index is 13.7. The summed E-state index contributed by atoms with van der Waals surface area (Å²) in [5.41, 5.74) is 4.21. The quantitative estimate of drug-likeness (QED) is 0.0618. The minimum absolute atomic E-state index is 0.135. The molecule has 6 aromatic rings. The van der Waals surface area contributed by atoms with E-state index in [1.807, 2.05) is 121 Å². The van der Waals surface area contributed by atoms with Crippen molar-refractivity contribution < 1.29 is 38.4 Å². The van der Waals surface area contributed by atoms with Gasteiger partial charge in [-0.25, -0.2) is 4.79 Å². The lowest BCUT2D eigenvalue weighted by molar-refractivity contribution is -0.139. The first-order valence-corrected chi connectivity index (χ1v) is 19.2. The lowest BCUT2D eigenvalue weighted by atomic mass is 10.1. The normalized spacial score (nSPS) is 11.2. The summed E-state index contributed by atoms with van der Waals surface area (Å²) >= 11 is 0. The molecule has 0 radical (unpaired) electrons. The fourth-order valence-corrected chi connectivity index (χ4v) is 6.11. The van der Waals surface area contributed by atoms with Gasteiger partial charge in [0.2, 0.25) is 0 Å². The van der Waals surface area contributed by atoms with Crippen LogP contribution in [0.15, 0.2) is 158 Å². The van der Waals surface area contributed by atoms with Crippen molar-refractivity contribution in [2.75, 3.05) is 6.54 Å². The van der Waals surface area contributed by atoms with Crippen molar-refractivity contribution in [1.82, 2.24) is 10.6 Å². The van der Waals surface area contributed by atoms with E-state index >= 15 is 0 Å². The number of hydrogen-bond donors (Lipinski definition) is 3. The van der Waals surface area contributed by atoms with Crippen molar-refractivity contribution in [2.24, 2.45) is 0 Å². The molecule has 0 spiro atoms.